The normalized spacial score (nSPS) is 15.6. The van der Waals surface area contributed by atoms with E-state index in [0.29, 0.717) is 0 Å². The first-order chi connectivity index (χ1) is 48.6. The van der Waals surface area contributed by atoms with Crippen molar-refractivity contribution >= 4 is 61.2 Å². The lowest BCUT2D eigenvalue weighted by Gasteiger charge is -2.31. The molecule has 14 aromatic carbocycles. The lowest BCUT2D eigenvalue weighted by Crippen LogP contribution is -2.19. The van der Waals surface area contributed by atoms with E-state index in [1.54, 1.807) is 5.57 Å². The molecule has 0 heterocycles. The number of nitrogens with zero attached hydrogens (tertiary/aromatic N) is 2. The molecule has 0 bridgehead atoms. The highest BCUT2D eigenvalue weighted by molar-refractivity contribution is 6.23. The maximum atomic E-state index is 2.57. The number of fused-ring (bicyclic) bond motifs is 13. The van der Waals surface area contributed by atoms with E-state index in [1.807, 2.05) is 0 Å². The fraction of sp³-hybridized carbons (Fsp3) is 0.143. The molecule has 2 heteroatoms. The highest BCUT2D eigenvalue weighted by Gasteiger charge is 2.41. The first-order valence-corrected chi connectivity index (χ1v) is 35.8. The fourth-order valence-corrected chi connectivity index (χ4v) is 18.6. The zero-order valence-electron chi connectivity index (χ0n) is 58.2. The molecule has 2 nitrogen and oxygen atoms in total. The molecule has 0 aromatic heterocycles. The van der Waals surface area contributed by atoms with Gasteiger partial charge in [-0.25, -0.2) is 0 Å². The van der Waals surface area contributed by atoms with Crippen LogP contribution in [0.5, 0.6) is 0 Å². The van der Waals surface area contributed by atoms with E-state index < -0.39 is 0 Å². The molecule has 5 aliphatic rings. The first-order valence-electron chi connectivity index (χ1n) is 35.8. The highest BCUT2D eigenvalue weighted by Crippen LogP contribution is 2.58. The summed E-state index contributed by atoms with van der Waals surface area (Å²) in [6.07, 6.45) is 6.92. The minimum Gasteiger partial charge on any atom is -0.310 e. The second-order valence-corrected chi connectivity index (χ2v) is 30.7. The van der Waals surface area contributed by atoms with Crippen LogP contribution in [0.1, 0.15) is 113 Å². The summed E-state index contributed by atoms with van der Waals surface area (Å²) in [5.74, 6) is 0. The van der Waals surface area contributed by atoms with Crippen LogP contribution in [0.3, 0.4) is 0 Å². The zero-order valence-corrected chi connectivity index (χ0v) is 58.2. The summed E-state index contributed by atoms with van der Waals surface area (Å²) < 4.78 is 0. The van der Waals surface area contributed by atoms with E-state index >= 15 is 0 Å². The molecule has 480 valence electrons. The molecule has 100 heavy (non-hydrogen) atoms. The number of anilines is 6. The van der Waals surface area contributed by atoms with Crippen molar-refractivity contribution in [1.29, 1.82) is 0 Å². The first kappa shape index (κ1) is 59.9. The molecule has 5 aliphatic carbocycles. The Balaban J connectivity index is 0.880. The second-order valence-electron chi connectivity index (χ2n) is 30.7. The summed E-state index contributed by atoms with van der Waals surface area (Å²) in [4.78, 5) is 5.12. The smallest absolute Gasteiger partial charge is 0.0468 e. The van der Waals surface area contributed by atoms with Crippen molar-refractivity contribution in [3.8, 4) is 77.9 Å². The molecular weight excluding hydrogens is 1210 g/mol. The molecule has 0 saturated heterocycles. The van der Waals surface area contributed by atoms with Crippen LogP contribution in [-0.2, 0) is 21.7 Å². The van der Waals surface area contributed by atoms with E-state index in [2.05, 4.69) is 369 Å². The van der Waals surface area contributed by atoms with E-state index in [4.69, 9.17) is 0 Å². The molecule has 0 unspecified atom stereocenters. The van der Waals surface area contributed by atoms with E-state index in [0.717, 1.165) is 58.1 Å². The van der Waals surface area contributed by atoms with E-state index in [9.17, 15) is 0 Å². The summed E-state index contributed by atoms with van der Waals surface area (Å²) >= 11 is 0. The average Bonchev–Trinajstić information content (AvgIpc) is 0.923. The van der Waals surface area contributed by atoms with Crippen LogP contribution in [0.25, 0.3) is 105 Å². The standard InChI is InChI=1S/C98H78N2/c1-95(2)85-31-19-15-27-73(85)77-49-43-69(57-89(77)95)99(70-44-50-78-74-28-16-20-32-86(74)96(3,4)90(78)58-70)67-47-53-81-83(55-67)93(65-39-35-63(36-40-65)61-23-11-9-12-24-61)82-54-48-68(56-84(82)94(81)66-41-37-64(38-42-66)62-25-13-10-14-26-62)100(71-45-51-79-75-29-17-21-33-87(75)97(5,6)91(79)59-71)72-46-52-80-76-30-18-22-34-88(76)98(7,8)92(80)60-72/h9-21,23-33,35-60H,22,34H2,1-8H3. The van der Waals surface area contributed by atoms with Gasteiger partial charge in [-0.15, -0.1) is 0 Å². The molecule has 0 radical (unpaired) electrons. The van der Waals surface area contributed by atoms with Crippen molar-refractivity contribution in [2.45, 2.75) is 89.9 Å². The Labute approximate surface area is 588 Å². The van der Waals surface area contributed by atoms with Crippen LogP contribution >= 0.6 is 0 Å². The van der Waals surface area contributed by atoms with Crippen LogP contribution in [0.4, 0.5) is 34.1 Å². The predicted molar refractivity (Wildman–Crippen MR) is 424 cm³/mol. The quantitative estimate of drug-likeness (QED) is 0.126. The molecule has 0 spiro atoms. The van der Waals surface area contributed by atoms with Gasteiger partial charge in [-0.1, -0.05) is 292 Å². The van der Waals surface area contributed by atoms with Crippen LogP contribution in [0.15, 0.2) is 309 Å². The van der Waals surface area contributed by atoms with Gasteiger partial charge >= 0.3 is 0 Å². The number of rotatable bonds is 10. The third-order valence-corrected chi connectivity index (χ3v) is 23.8. The molecule has 0 fully saturated rings. The van der Waals surface area contributed by atoms with Crippen molar-refractivity contribution in [3.05, 3.63) is 353 Å². The second kappa shape index (κ2) is 22.1. The van der Waals surface area contributed by atoms with Gasteiger partial charge in [0.05, 0.1) is 0 Å². The molecular formula is C98H78N2. The maximum absolute atomic E-state index is 2.57. The van der Waals surface area contributed by atoms with Gasteiger partial charge < -0.3 is 9.80 Å². The number of allylic oxidation sites excluding steroid dienone is 4. The average molecular weight is 1280 g/mol. The van der Waals surface area contributed by atoms with Gasteiger partial charge in [-0.2, -0.15) is 0 Å². The molecule has 0 aliphatic heterocycles. The van der Waals surface area contributed by atoms with Crippen molar-refractivity contribution in [3.63, 3.8) is 0 Å². The molecule has 0 N–H and O–H groups in total. The largest absolute Gasteiger partial charge is 0.310 e. The van der Waals surface area contributed by atoms with Gasteiger partial charge in [-0.3, -0.25) is 0 Å². The Bertz CT molecular complexity index is 5710. The Hall–Kier alpha value is -11.3. The number of benzene rings is 14. The van der Waals surface area contributed by atoms with Crippen molar-refractivity contribution in [2.24, 2.45) is 0 Å². The van der Waals surface area contributed by atoms with Crippen molar-refractivity contribution in [1.82, 2.24) is 0 Å². The summed E-state index contributed by atoms with van der Waals surface area (Å²) in [5, 5.41) is 4.75. The van der Waals surface area contributed by atoms with Crippen LogP contribution in [0, 0.1) is 0 Å². The van der Waals surface area contributed by atoms with Gasteiger partial charge in [0.25, 0.3) is 0 Å². The van der Waals surface area contributed by atoms with Crippen LogP contribution < -0.4 is 9.80 Å². The molecule has 0 atom stereocenters. The zero-order chi connectivity index (χ0) is 67.6. The molecule has 19 rings (SSSR count). The molecule has 0 saturated carbocycles. The lowest BCUT2D eigenvalue weighted by molar-refractivity contribution is 0.607. The Kier molecular flexibility index (Phi) is 13.2. The van der Waals surface area contributed by atoms with Gasteiger partial charge in [-0.05, 0) is 235 Å². The van der Waals surface area contributed by atoms with Gasteiger partial charge in [0.15, 0.2) is 0 Å². The maximum Gasteiger partial charge on any atom is 0.0468 e. The molecule has 0 amide bonds. The Morgan fingerprint density at radius 2 is 0.540 bits per heavy atom. The van der Waals surface area contributed by atoms with Gasteiger partial charge in [0, 0.05) is 55.8 Å². The van der Waals surface area contributed by atoms with E-state index in [-0.39, 0.29) is 21.7 Å². The number of hydrogen-bond acceptors (Lipinski definition) is 2. The predicted octanol–water partition coefficient (Wildman–Crippen LogP) is 26.9. The van der Waals surface area contributed by atoms with Gasteiger partial charge in [0.2, 0.25) is 0 Å². The topological polar surface area (TPSA) is 6.48 Å². The number of hydrogen-bond donors (Lipinski definition) is 0. The lowest BCUT2D eigenvalue weighted by atomic mass is 9.78. The minimum absolute atomic E-state index is 0.120. The highest BCUT2D eigenvalue weighted by atomic mass is 15.1. The Morgan fingerprint density at radius 3 is 0.930 bits per heavy atom. The summed E-state index contributed by atoms with van der Waals surface area (Å²) in [6, 6.07) is 111. The van der Waals surface area contributed by atoms with Gasteiger partial charge in [0.1, 0.15) is 0 Å². The minimum atomic E-state index is -0.204. The van der Waals surface area contributed by atoms with E-state index in [1.165, 1.54) is 138 Å². The summed E-state index contributed by atoms with van der Waals surface area (Å²) in [7, 11) is 0. The molecule has 14 aromatic rings. The van der Waals surface area contributed by atoms with Crippen LogP contribution in [-0.4, -0.2) is 0 Å². The summed E-state index contributed by atoms with van der Waals surface area (Å²) in [6.45, 7) is 19.3. The SMILES string of the molecule is CC1(C)C2=C(C=CCC2)c2ccc(N(c3ccc4c(c3)C(C)(C)c3ccccc3-4)c3ccc4c(-c5ccc(-c6ccccc6)cc5)c5cc(N(c6ccc7c(c6)C(C)(C)c6ccccc6-7)c6ccc7c(c6)C(C)(C)c6ccccc6-7)ccc5c(-c5ccc(-c6ccccc6)cc5)c4c3)cc21. The monoisotopic (exact) mass is 1280 g/mol. The van der Waals surface area contributed by atoms with Crippen molar-refractivity contribution < 1.29 is 0 Å². The van der Waals surface area contributed by atoms with Crippen molar-refractivity contribution in [2.75, 3.05) is 9.80 Å². The third kappa shape index (κ3) is 8.95. The third-order valence-electron chi connectivity index (χ3n) is 23.8. The fourth-order valence-electron chi connectivity index (χ4n) is 18.6. The Morgan fingerprint density at radius 1 is 0.240 bits per heavy atom. The summed E-state index contributed by atoms with van der Waals surface area (Å²) in [5.41, 5.74) is 37.2. The van der Waals surface area contributed by atoms with Crippen LogP contribution in [0.2, 0.25) is 0 Å².